The zero-order valence-corrected chi connectivity index (χ0v) is 131. The molecule has 0 bridgehead atoms. The van der Waals surface area contributed by atoms with Gasteiger partial charge in [0, 0.05) is 654 Å². The van der Waals surface area contributed by atoms with Crippen molar-refractivity contribution in [1.29, 1.82) is 0 Å². The monoisotopic (exact) mass is 3420 g/mol. The molecule has 25 atom stereocenters. The van der Waals surface area contributed by atoms with Crippen LogP contribution in [-0.2, 0) is 859 Å². The molecule has 5 unspecified atom stereocenters. The summed E-state index contributed by atoms with van der Waals surface area (Å²) < 4.78 is 142. The fourth-order valence-electron chi connectivity index (χ4n) is 10.8. The van der Waals surface area contributed by atoms with E-state index in [1.165, 1.54) is 97.1 Å². The summed E-state index contributed by atoms with van der Waals surface area (Å²) in [6.07, 6.45) is -14.2. The Labute approximate surface area is 1290 Å². The smallest absolute Gasteiger partial charge is 0.195 e. The van der Waals surface area contributed by atoms with Crippen molar-refractivity contribution in [3.05, 3.63) is 64.1 Å². The molecule has 5 fully saturated rings. The first-order valence-corrected chi connectivity index (χ1v) is 33.3. The summed E-state index contributed by atoms with van der Waals surface area (Å²) in [5.41, 5.74) is 0. The molecule has 20 radical (unpaired) electrons. The molecule has 5 aliphatic rings. The van der Waals surface area contributed by atoms with E-state index in [-0.39, 0.29) is 718 Å². The standard InChI is InChI=1S/2C14H17NO8.3C14H16O9.20Y/c2*1-4-15-11-13(21-8-18)12(20-7-17)10(5-19-6-16)23-14(11)22-9(2)3;3*1-4-19-13-12(21-8-17)11(20-7-16)10(5-18-6-15)23-14(13)22-9(2)3;;;;;;;;;;;;;;;;;;;;/h2*9-15H,1,5H2,2-3H3;3*9-14H,1,5H2,2-3H3;;;;;;;;;;;;;;;;;;;;/q5*-4;;;;;;;;;;;;;;;;;;;;/t10-,11+,12-,13-,14?;10-,11-,12+,13-,14?;10-,11+,12+,13-,14?;10-,11-,12+,13+,14?;10-,11-,12+,13-,14?;;;;;;;;;;;;;;;;;;;;/m11111..................../s1. The normalized spacial score (nSPS) is 25.7. The van der Waals surface area contributed by atoms with E-state index in [1.807, 2.05) is 0 Å². The minimum Gasteiger partial charge on any atom is -0.686 e. The van der Waals surface area contributed by atoms with Gasteiger partial charge in [0.25, 0.3) is 0 Å². The molecule has 0 aromatic rings. The van der Waals surface area contributed by atoms with Crippen molar-refractivity contribution in [2.75, 3.05) is 33.0 Å². The van der Waals surface area contributed by atoms with Gasteiger partial charge in [-0.2, -0.15) is 0 Å². The summed E-state index contributed by atoms with van der Waals surface area (Å²) in [6.45, 7) is 51.3. The molecule has 0 aromatic heterocycles. The third kappa shape index (κ3) is 77.5. The molecule has 65 heteroatoms. The third-order valence-corrected chi connectivity index (χ3v) is 14.7. The predicted octanol–water partition coefficient (Wildman–Crippen LogP) is -3.62. The van der Waals surface area contributed by atoms with Crippen LogP contribution in [0.1, 0.15) is 69.2 Å². The van der Waals surface area contributed by atoms with Crippen molar-refractivity contribution in [1.82, 2.24) is 10.6 Å². The van der Waals surface area contributed by atoms with Crippen LogP contribution in [0, 0.1) is 31.2 Å². The Morgan fingerprint density at radius 3 is 0.504 bits per heavy atom. The molecule has 0 aliphatic carbocycles. The predicted molar refractivity (Wildman–Crippen MR) is 361 cm³/mol. The second kappa shape index (κ2) is 124. The van der Waals surface area contributed by atoms with Crippen molar-refractivity contribution < 1.29 is 859 Å². The number of rotatable bonds is 55. The Morgan fingerprint density at radius 2 is 0.356 bits per heavy atom. The van der Waals surface area contributed by atoms with Gasteiger partial charge in [-0.25, -0.2) is 19.7 Å². The molecule has 710 valence electrons. The first-order valence-electron chi connectivity index (χ1n) is 33.3. The molecule has 0 saturated carbocycles. The van der Waals surface area contributed by atoms with Gasteiger partial charge in [-0.15, -0.1) is 0 Å². The molecule has 2 N–H and O–H groups in total. The second-order valence-corrected chi connectivity index (χ2v) is 23.6. The number of ether oxygens (including phenoxy) is 28. The Kier molecular flexibility index (Phi) is 178. The third-order valence-electron chi connectivity index (χ3n) is 14.7. The van der Waals surface area contributed by atoms with Crippen molar-refractivity contribution in [2.24, 2.45) is 0 Å². The summed E-state index contributed by atoms with van der Waals surface area (Å²) in [5.74, 6) is 0. The van der Waals surface area contributed by atoms with Crippen LogP contribution in [0.15, 0.2) is 32.9 Å². The molecule has 5 saturated heterocycles. The Hall–Kier alpha value is 11.4. The first-order chi connectivity index (χ1) is 55.4. The van der Waals surface area contributed by atoms with Crippen molar-refractivity contribution in [3.63, 3.8) is 0 Å². The zero-order valence-electron chi connectivity index (χ0n) is 74.5. The van der Waals surface area contributed by atoms with Crippen molar-refractivity contribution in [2.45, 2.75) is 253 Å². The summed E-state index contributed by atoms with van der Waals surface area (Å²) in [5, 5.41) is 5.39. The maximum Gasteiger partial charge on any atom is 0.195 e. The van der Waals surface area contributed by atoms with E-state index < -0.39 is 153 Å². The first kappa shape index (κ1) is 194. The molecule has 0 aromatic carbocycles. The Bertz CT molecular complexity index is 2510. The van der Waals surface area contributed by atoms with Crippen LogP contribution < -0.4 is 10.6 Å². The van der Waals surface area contributed by atoms with Gasteiger partial charge in [0.2, 0.25) is 0 Å². The van der Waals surface area contributed by atoms with E-state index in [1.54, 1.807) is 69.2 Å². The van der Waals surface area contributed by atoms with E-state index in [0.29, 0.717) is 0 Å². The molecular formula is C70H82N2O43Y20-20. The summed E-state index contributed by atoms with van der Waals surface area (Å²) in [6, 6.07) is -1.57. The average Bonchev–Trinajstić information content (AvgIpc) is 0.820. The van der Waals surface area contributed by atoms with Crippen LogP contribution in [-0.4, -0.2) is 314 Å². The minimum atomic E-state index is -1.17. The quantitative estimate of drug-likeness (QED) is 0.0257. The average molecular weight is 3420 g/mol. The van der Waals surface area contributed by atoms with Crippen molar-refractivity contribution in [3.8, 4) is 0 Å². The van der Waals surface area contributed by atoms with Gasteiger partial charge in [-0.3, -0.25) is 13.2 Å². The van der Waals surface area contributed by atoms with E-state index in [0.717, 1.165) is 0 Å². The molecule has 5 heterocycles. The molecule has 5 aliphatic heterocycles. The van der Waals surface area contributed by atoms with Gasteiger partial charge >= 0.3 is 0 Å². The van der Waals surface area contributed by atoms with Gasteiger partial charge in [0.05, 0.1) is 75.6 Å². The van der Waals surface area contributed by atoms with Crippen LogP contribution >= 0.6 is 0 Å². The zero-order chi connectivity index (χ0) is 86.2. The molecule has 135 heavy (non-hydrogen) atoms. The largest absolute Gasteiger partial charge is 0.686 e. The van der Waals surface area contributed by atoms with Crippen LogP contribution in [0.5, 0.6) is 0 Å². The Morgan fingerprint density at radius 1 is 0.207 bits per heavy atom. The van der Waals surface area contributed by atoms with E-state index in [4.69, 9.17) is 109 Å². The number of nitrogens with one attached hydrogen (secondary N) is 2. The molecule has 5 rings (SSSR count). The summed E-state index contributed by atoms with van der Waals surface area (Å²) >= 11 is 0. The molecule has 0 amide bonds. The maximum atomic E-state index is 10.7. The summed E-state index contributed by atoms with van der Waals surface area (Å²) in [7, 11) is 0. The van der Waals surface area contributed by atoms with Gasteiger partial charge < -0.3 is 246 Å². The van der Waals surface area contributed by atoms with Crippen LogP contribution in [0.25, 0.3) is 0 Å². The topological polar surface area (TPSA) is 539 Å². The summed E-state index contributed by atoms with van der Waals surface area (Å²) in [4.78, 5) is 158. The van der Waals surface area contributed by atoms with Gasteiger partial charge in [0.15, 0.2) is 31.5 Å². The fourth-order valence-corrected chi connectivity index (χ4v) is 10.8. The van der Waals surface area contributed by atoms with Gasteiger partial charge in [-0.05, 0) is 69.2 Å². The van der Waals surface area contributed by atoms with Crippen molar-refractivity contribution >= 4 is 97.1 Å². The number of carbonyl (C=O) groups excluding carboxylic acids is 15. The molecular weight excluding hydrogens is 3330 g/mol. The number of hydrogen-bond donors (Lipinski definition) is 2. The number of hydrogen-bond acceptors (Lipinski definition) is 45. The van der Waals surface area contributed by atoms with Gasteiger partial charge in [-0.1, -0.05) is 97.1 Å². The van der Waals surface area contributed by atoms with E-state index in [2.05, 4.69) is 98.4 Å². The second-order valence-electron chi connectivity index (χ2n) is 23.6. The van der Waals surface area contributed by atoms with Crippen LogP contribution in [0.3, 0.4) is 0 Å². The Balaban J connectivity index is -0.0000000656. The van der Waals surface area contributed by atoms with Gasteiger partial charge in [0.1, 0.15) is 110 Å². The van der Waals surface area contributed by atoms with Crippen LogP contribution in [0.2, 0.25) is 0 Å². The fraction of sp³-hybridized carbons (Fsp3) is 0.643. The SMILES string of the molecule is C=[C-]N[C@@H]1C(OC(C)C)O[C@H](CO[C-]=O)[C@@H](O[C-]=O)[C@@H]1O[C-]=O.C=[C-]N[C@H]1C(OC(C)C)O[C@H](CO[C-]=O)[C@H](O[C-]=O)[C@@H]1O[C-]=O.C=[C-]O[C@@H]1C(OC(C)C)O[C@H](CO[C-]=O)[C@@H](O[C-]=O)[C@@H]1O[C-]=O.C=[C-]O[C@H]1C(OC(C)C)O[C@H](CO[C-]=O)[C@@H](O[C-]=O)[C@@H]1O[C-]=O.C=[C-]O[C@H]1C(OC(C)C)O[C@H](CO[C-]=O)[C@H](O[C-]=O)[C@@H]1O[C-]=O.[Y].[Y].[Y].[Y].[Y].[Y].[Y].[Y].[Y].[Y].[Y].[Y].[Y].[Y].[Y].[Y].[Y].[Y].[Y].[Y]. The van der Waals surface area contributed by atoms with E-state index >= 15 is 0 Å². The maximum absolute atomic E-state index is 10.7. The van der Waals surface area contributed by atoms with E-state index in [9.17, 15) is 71.9 Å². The minimum absolute atomic E-state index is 0. The molecule has 0 spiro atoms. The van der Waals surface area contributed by atoms with Crippen LogP contribution in [0.4, 0.5) is 0 Å². The molecule has 45 nitrogen and oxygen atoms in total.